The maximum absolute atomic E-state index is 11.7. The molecule has 1 rings (SSSR count). The Labute approximate surface area is 90.6 Å². The van der Waals surface area contributed by atoms with Crippen LogP contribution in [0.3, 0.4) is 0 Å². The molecular weight excluding hydrogens is 194 g/mol. The minimum atomic E-state index is -0.547. The molecular formula is C11H19NO3. The Hall–Kier alpha value is -1.06. The van der Waals surface area contributed by atoms with Crippen LogP contribution in [-0.2, 0) is 9.53 Å². The summed E-state index contributed by atoms with van der Waals surface area (Å²) in [5.41, 5.74) is -0.547. The summed E-state index contributed by atoms with van der Waals surface area (Å²) in [6.45, 7) is 7.26. The van der Waals surface area contributed by atoms with Gasteiger partial charge < -0.3 is 4.74 Å². The number of hydrogen-bond acceptors (Lipinski definition) is 3. The fourth-order valence-electron chi connectivity index (χ4n) is 1.64. The summed E-state index contributed by atoms with van der Waals surface area (Å²) < 4.78 is 5.18. The molecule has 1 saturated heterocycles. The molecule has 0 aromatic heterocycles. The van der Waals surface area contributed by atoms with E-state index < -0.39 is 11.7 Å². The van der Waals surface area contributed by atoms with E-state index in [2.05, 4.69) is 0 Å². The molecule has 0 saturated carbocycles. The molecule has 0 spiro atoms. The van der Waals surface area contributed by atoms with Crippen molar-refractivity contribution in [2.75, 3.05) is 0 Å². The van der Waals surface area contributed by atoms with Crippen molar-refractivity contribution in [2.45, 2.75) is 58.6 Å². The molecule has 0 aliphatic carbocycles. The Morgan fingerprint density at radius 1 is 1.47 bits per heavy atom. The van der Waals surface area contributed by atoms with Crippen molar-refractivity contribution in [3.05, 3.63) is 0 Å². The Bertz CT molecular complexity index is 267. The van der Waals surface area contributed by atoms with Gasteiger partial charge in [-0.15, -0.1) is 0 Å². The number of imide groups is 1. The smallest absolute Gasteiger partial charge is 0.417 e. The second-order valence-electron chi connectivity index (χ2n) is 4.99. The van der Waals surface area contributed by atoms with Gasteiger partial charge in [-0.2, -0.15) is 0 Å². The number of amides is 2. The van der Waals surface area contributed by atoms with Crippen LogP contribution in [0.1, 0.15) is 47.0 Å². The topological polar surface area (TPSA) is 46.6 Å². The fraction of sp³-hybridized carbons (Fsp3) is 0.818. The third kappa shape index (κ3) is 3.22. The number of ether oxygens (including phenoxy) is 1. The number of nitrogens with zero attached hydrogens (tertiary/aromatic N) is 1. The molecule has 4 heteroatoms. The zero-order valence-corrected chi connectivity index (χ0v) is 9.87. The lowest BCUT2D eigenvalue weighted by atomic mass is 10.0. The fourth-order valence-corrected chi connectivity index (χ4v) is 1.64. The zero-order valence-electron chi connectivity index (χ0n) is 9.87. The van der Waals surface area contributed by atoms with Gasteiger partial charge in [-0.1, -0.05) is 0 Å². The number of carbonyl (C=O) groups excluding carboxylic acids is 2. The van der Waals surface area contributed by atoms with E-state index in [0.29, 0.717) is 6.42 Å². The van der Waals surface area contributed by atoms with Gasteiger partial charge in [-0.05, 0) is 40.5 Å². The highest BCUT2D eigenvalue weighted by atomic mass is 16.6. The minimum absolute atomic E-state index is 0.0406. The van der Waals surface area contributed by atoms with Crippen molar-refractivity contribution >= 4 is 12.0 Å². The van der Waals surface area contributed by atoms with E-state index in [9.17, 15) is 9.59 Å². The summed E-state index contributed by atoms with van der Waals surface area (Å²) >= 11 is 0. The monoisotopic (exact) mass is 213 g/mol. The Kier molecular flexibility index (Phi) is 3.37. The molecule has 4 nitrogen and oxygen atoms in total. The lowest BCUT2D eigenvalue weighted by Gasteiger charge is -2.33. The Balaban J connectivity index is 2.68. The van der Waals surface area contributed by atoms with Gasteiger partial charge >= 0.3 is 6.09 Å². The van der Waals surface area contributed by atoms with Gasteiger partial charge in [0.25, 0.3) is 0 Å². The second kappa shape index (κ2) is 4.21. The van der Waals surface area contributed by atoms with Crippen molar-refractivity contribution in [2.24, 2.45) is 0 Å². The van der Waals surface area contributed by atoms with Gasteiger partial charge in [0, 0.05) is 12.5 Å². The van der Waals surface area contributed by atoms with Gasteiger partial charge in [0.1, 0.15) is 5.60 Å². The normalized spacial score (nSPS) is 22.8. The Morgan fingerprint density at radius 3 is 2.53 bits per heavy atom. The maximum Gasteiger partial charge on any atom is 0.417 e. The molecule has 2 amide bonds. The highest BCUT2D eigenvalue weighted by Crippen LogP contribution is 2.20. The molecule has 1 aliphatic rings. The lowest BCUT2D eigenvalue weighted by Crippen LogP contribution is -2.48. The molecule has 0 aromatic rings. The van der Waals surface area contributed by atoms with E-state index in [-0.39, 0.29) is 11.9 Å². The van der Waals surface area contributed by atoms with Crippen molar-refractivity contribution in [3.63, 3.8) is 0 Å². The first kappa shape index (κ1) is 12.0. The van der Waals surface area contributed by atoms with E-state index >= 15 is 0 Å². The van der Waals surface area contributed by atoms with Gasteiger partial charge in [-0.3, -0.25) is 4.79 Å². The quantitative estimate of drug-likeness (QED) is 0.620. The number of piperidine rings is 1. The van der Waals surface area contributed by atoms with Crippen LogP contribution >= 0.6 is 0 Å². The Morgan fingerprint density at radius 2 is 2.07 bits per heavy atom. The molecule has 86 valence electrons. The average molecular weight is 213 g/mol. The summed E-state index contributed by atoms with van der Waals surface area (Å²) in [5.74, 6) is -0.122. The molecule has 1 heterocycles. The molecule has 1 atom stereocenters. The van der Waals surface area contributed by atoms with Crippen LogP contribution in [0.5, 0.6) is 0 Å². The molecule has 0 bridgehead atoms. The largest absolute Gasteiger partial charge is 0.443 e. The molecule has 0 unspecified atom stereocenters. The summed E-state index contributed by atoms with van der Waals surface area (Å²) in [6.07, 6.45) is 1.66. The highest BCUT2D eigenvalue weighted by molar-refractivity contribution is 5.93. The molecule has 1 aliphatic heterocycles. The summed E-state index contributed by atoms with van der Waals surface area (Å²) in [7, 11) is 0. The molecule has 15 heavy (non-hydrogen) atoms. The van der Waals surface area contributed by atoms with Gasteiger partial charge in [0.2, 0.25) is 5.91 Å². The molecule has 0 aromatic carbocycles. The van der Waals surface area contributed by atoms with E-state index in [0.717, 1.165) is 12.8 Å². The third-order valence-electron chi connectivity index (χ3n) is 2.31. The summed E-state index contributed by atoms with van der Waals surface area (Å²) in [6, 6.07) is -0.0406. The lowest BCUT2D eigenvalue weighted by molar-refractivity contribution is -0.134. The van der Waals surface area contributed by atoms with Crippen molar-refractivity contribution in [1.82, 2.24) is 4.90 Å². The number of hydrogen-bond donors (Lipinski definition) is 0. The first-order valence-corrected chi connectivity index (χ1v) is 5.36. The average Bonchev–Trinajstić information content (AvgIpc) is 1.99. The second-order valence-corrected chi connectivity index (χ2v) is 4.99. The van der Waals surface area contributed by atoms with E-state index in [1.807, 2.05) is 6.92 Å². The first-order chi connectivity index (χ1) is 6.81. The molecule has 0 N–H and O–H groups in total. The van der Waals surface area contributed by atoms with Crippen LogP contribution in [0.15, 0.2) is 0 Å². The summed E-state index contributed by atoms with van der Waals surface area (Å²) in [4.78, 5) is 24.5. The van der Waals surface area contributed by atoms with Gasteiger partial charge in [0.15, 0.2) is 0 Å². The van der Waals surface area contributed by atoms with E-state index in [1.165, 1.54) is 4.90 Å². The minimum Gasteiger partial charge on any atom is -0.443 e. The van der Waals surface area contributed by atoms with E-state index in [1.54, 1.807) is 20.8 Å². The van der Waals surface area contributed by atoms with Crippen LogP contribution in [-0.4, -0.2) is 28.5 Å². The van der Waals surface area contributed by atoms with Crippen LogP contribution < -0.4 is 0 Å². The van der Waals surface area contributed by atoms with Gasteiger partial charge in [0.05, 0.1) is 0 Å². The van der Waals surface area contributed by atoms with E-state index in [4.69, 9.17) is 4.74 Å². The SMILES string of the molecule is C[C@H]1CCCC(=O)N1C(=O)OC(C)(C)C. The van der Waals surface area contributed by atoms with Gasteiger partial charge in [-0.25, -0.2) is 9.69 Å². The predicted molar refractivity (Wildman–Crippen MR) is 56.4 cm³/mol. The van der Waals surface area contributed by atoms with Crippen molar-refractivity contribution < 1.29 is 14.3 Å². The van der Waals surface area contributed by atoms with Crippen LogP contribution in [0.25, 0.3) is 0 Å². The number of rotatable bonds is 0. The van der Waals surface area contributed by atoms with Crippen molar-refractivity contribution in [3.8, 4) is 0 Å². The molecule has 0 radical (unpaired) electrons. The third-order valence-corrected chi connectivity index (χ3v) is 2.31. The maximum atomic E-state index is 11.7. The van der Waals surface area contributed by atoms with Crippen LogP contribution in [0.2, 0.25) is 0 Å². The standard InChI is InChI=1S/C11H19NO3/c1-8-6-5-7-9(13)12(8)10(14)15-11(2,3)4/h8H,5-7H2,1-4H3/t8-/m0/s1. The predicted octanol–water partition coefficient (Wildman–Crippen LogP) is 2.32. The van der Waals surface area contributed by atoms with Crippen LogP contribution in [0.4, 0.5) is 4.79 Å². The number of carbonyl (C=O) groups is 2. The summed E-state index contributed by atoms with van der Waals surface area (Å²) in [5, 5.41) is 0. The highest BCUT2D eigenvalue weighted by Gasteiger charge is 2.33. The zero-order chi connectivity index (χ0) is 11.6. The van der Waals surface area contributed by atoms with Crippen LogP contribution in [0, 0.1) is 0 Å². The number of likely N-dealkylation sites (tertiary alicyclic amines) is 1. The first-order valence-electron chi connectivity index (χ1n) is 5.36. The molecule has 1 fully saturated rings. The van der Waals surface area contributed by atoms with Crippen molar-refractivity contribution in [1.29, 1.82) is 0 Å².